The zero-order chi connectivity index (χ0) is 36.7. The zero-order valence-electron chi connectivity index (χ0n) is 27.5. The average molecular weight is 661 g/mol. The van der Waals surface area contributed by atoms with Crippen molar-refractivity contribution in [2.24, 2.45) is 5.90 Å². The molecule has 50 heavy (non-hydrogen) atoms. The van der Waals surface area contributed by atoms with Gasteiger partial charge in [-0.2, -0.15) is 11.8 Å². The van der Waals surface area contributed by atoms with Crippen LogP contribution in [0.15, 0.2) is 0 Å². The first-order valence-corrected chi connectivity index (χ1v) is 15.1. The van der Waals surface area contributed by atoms with Crippen molar-refractivity contribution in [3.05, 3.63) is 0 Å². The Morgan fingerprint density at radius 3 is 1.02 bits per heavy atom. The second-order valence-electron chi connectivity index (χ2n) is 7.12. The van der Waals surface area contributed by atoms with Crippen molar-refractivity contribution < 1.29 is 14.4 Å². The number of hydrogen-bond acceptors (Lipinski definition) is 5. The van der Waals surface area contributed by atoms with E-state index in [1.807, 2.05) is 0 Å². The Morgan fingerprint density at radius 2 is 0.780 bits per heavy atom. The quantitative estimate of drug-likeness (QED) is 0.218. The number of amides is 1. The second-order valence-corrected chi connectivity index (χ2v) is 8.11. The Labute approximate surface area is 302 Å². The average Bonchev–Trinajstić information content (AvgIpc) is 3.12. The van der Waals surface area contributed by atoms with E-state index in [1.54, 1.807) is 25.6 Å². The van der Waals surface area contributed by atoms with Crippen LogP contribution in [0.2, 0.25) is 0 Å². The van der Waals surface area contributed by atoms with Crippen LogP contribution in [0.4, 0.5) is 0 Å². The van der Waals surface area contributed by atoms with Gasteiger partial charge in [0.05, 0.1) is 6.61 Å². The molecule has 0 atom stereocenters. The summed E-state index contributed by atoms with van der Waals surface area (Å²) in [7, 11) is 0. The molecule has 0 bridgehead atoms. The van der Waals surface area contributed by atoms with E-state index in [0.717, 1.165) is 18.8 Å². The Kier molecular flexibility index (Phi) is 38.4. The molecule has 0 fully saturated rings. The molecule has 0 heterocycles. The van der Waals surface area contributed by atoms with Crippen molar-refractivity contribution in [1.29, 1.82) is 0 Å². The van der Waals surface area contributed by atoms with Crippen LogP contribution in [0.25, 0.3) is 0 Å². The number of nitrogens with two attached hydrogens (primary N) is 1. The summed E-state index contributed by atoms with van der Waals surface area (Å²) in [6.07, 6.45) is 3.11. The summed E-state index contributed by atoms with van der Waals surface area (Å²) in [4.78, 5) is 15.0. The van der Waals surface area contributed by atoms with Gasteiger partial charge in [0.1, 0.15) is 6.61 Å². The number of ether oxygens (including phenoxy) is 1. The van der Waals surface area contributed by atoms with Gasteiger partial charge in [0.25, 0.3) is 0 Å². The fourth-order valence-corrected chi connectivity index (χ4v) is 2.27. The summed E-state index contributed by atoms with van der Waals surface area (Å²) in [5, 5.41) is 2.60. The zero-order valence-corrected chi connectivity index (χ0v) is 28.3. The van der Waals surface area contributed by atoms with Gasteiger partial charge in [0, 0.05) is 108 Å². The highest BCUT2D eigenvalue weighted by molar-refractivity contribution is 7.98. The molecule has 0 saturated heterocycles. The molecule has 0 aliphatic heterocycles. The predicted molar refractivity (Wildman–Crippen MR) is 201 cm³/mol. The van der Waals surface area contributed by atoms with Crippen LogP contribution in [0.1, 0.15) is 20.3 Å². The molecule has 0 spiro atoms. The third-order valence-electron chi connectivity index (χ3n) is 3.61. The van der Waals surface area contributed by atoms with Crippen LogP contribution >= 0.6 is 11.8 Å². The van der Waals surface area contributed by atoms with Crippen molar-refractivity contribution in [3.63, 3.8) is 0 Å². The maximum atomic E-state index is 10.8. The summed E-state index contributed by atoms with van der Waals surface area (Å²) < 4.78 is 5.26. The van der Waals surface area contributed by atoms with E-state index in [0.29, 0.717) is 13.2 Å². The van der Waals surface area contributed by atoms with Crippen molar-refractivity contribution in [1.82, 2.24) is 5.32 Å². The highest BCUT2D eigenvalue weighted by Crippen LogP contribution is 1.94. The molecule has 0 unspecified atom stereocenters. The number of hydrogen-bond donors (Lipinski definition) is 2. The third-order valence-corrected chi connectivity index (χ3v) is 4.30. The molecule has 0 aromatic heterocycles. The summed E-state index contributed by atoms with van der Waals surface area (Å²) in [5.41, 5.74) is 0. The van der Waals surface area contributed by atoms with Gasteiger partial charge in [-0.05, 0) is 127 Å². The summed E-state index contributed by atoms with van der Waals surface area (Å²) in [6.45, 7) is 5.05. The van der Waals surface area contributed by atoms with Crippen molar-refractivity contribution in [3.8, 4) is 201 Å². The first-order valence-electron chi connectivity index (χ1n) is 13.7. The fraction of sp³-hybridized carbons (Fsp3) is 0.205. The van der Waals surface area contributed by atoms with Crippen molar-refractivity contribution in [2.75, 3.05) is 38.4 Å². The topological polar surface area (TPSA) is 73.6 Å². The van der Waals surface area contributed by atoms with E-state index >= 15 is 0 Å². The number of nitrogens with one attached hydrogen (secondary N) is 1. The Hall–Kier alpha value is -7.78. The number of rotatable bonds is 9. The molecule has 3 N–H and O–H groups in total. The summed E-state index contributed by atoms with van der Waals surface area (Å²) in [6, 6.07) is 0. The standard InChI is InChI=1S/C36H6.C8H18N2O3S/c1-3-5-7-9-11-13-15-17-19-21-23-25-27-29-31-33-35-36-34-32-30-28-26-24-22-20-18-16-14-12-10-8-6-4-2;1-14-6-2-4-12-5-3-10-8(11)7-13-9/h1-2H3;2-7,9H2,1H3,(H,10,11). The van der Waals surface area contributed by atoms with Gasteiger partial charge in [-0.1, -0.05) is 11.8 Å². The monoisotopic (exact) mass is 660 g/mol. The van der Waals surface area contributed by atoms with Gasteiger partial charge >= 0.3 is 0 Å². The minimum absolute atomic E-state index is 0.105. The molecule has 234 valence electrons. The lowest BCUT2D eigenvalue weighted by molar-refractivity contribution is -0.126. The van der Waals surface area contributed by atoms with Gasteiger partial charge in [-0.3, -0.25) is 9.63 Å². The molecule has 1 amide bonds. The lowest BCUT2D eigenvalue weighted by Gasteiger charge is -2.05. The van der Waals surface area contributed by atoms with Gasteiger partial charge in [0.2, 0.25) is 5.91 Å². The SMILES string of the molecule is CC#CC#CC#CC#CC#CC#CC#CC#CC#CC#CC#CC#CC#CC#CC#CC#CC#CC.CSCCCOCCNC(=O)CON. The lowest BCUT2D eigenvalue weighted by Crippen LogP contribution is -2.31. The molecule has 0 rings (SSSR count). The highest BCUT2D eigenvalue weighted by atomic mass is 32.2. The number of carbonyl (C=O) groups is 1. The molecule has 0 aliphatic rings. The Morgan fingerprint density at radius 1 is 0.500 bits per heavy atom. The van der Waals surface area contributed by atoms with Crippen LogP contribution in [0.3, 0.4) is 0 Å². The normalized spacial score (nSPS) is 5.68. The molecule has 0 aromatic carbocycles. The molecule has 0 aromatic rings. The van der Waals surface area contributed by atoms with E-state index in [9.17, 15) is 4.79 Å². The second kappa shape index (κ2) is 43.3. The van der Waals surface area contributed by atoms with Gasteiger partial charge in [-0.15, -0.1) is 0 Å². The van der Waals surface area contributed by atoms with Crippen LogP contribution in [0, 0.1) is 201 Å². The lowest BCUT2D eigenvalue weighted by atomic mass is 10.4. The van der Waals surface area contributed by atoms with Crippen molar-refractivity contribution in [2.45, 2.75) is 20.3 Å². The molecule has 5 nitrogen and oxygen atoms in total. The highest BCUT2D eigenvalue weighted by Gasteiger charge is 1.98. The fourth-order valence-electron chi connectivity index (χ4n) is 1.86. The summed E-state index contributed by atoms with van der Waals surface area (Å²) >= 11 is 1.80. The molecule has 0 saturated carbocycles. The minimum atomic E-state index is -0.222. The first kappa shape index (κ1) is 44.3. The minimum Gasteiger partial charge on any atom is -0.380 e. The van der Waals surface area contributed by atoms with E-state index in [-0.39, 0.29) is 12.5 Å². The molecule has 6 heteroatoms. The van der Waals surface area contributed by atoms with Crippen molar-refractivity contribution >= 4 is 17.7 Å². The van der Waals surface area contributed by atoms with Gasteiger partial charge < -0.3 is 10.1 Å². The summed E-state index contributed by atoms with van der Waals surface area (Å²) in [5.74, 6) is 91.2. The van der Waals surface area contributed by atoms with Crippen LogP contribution in [0.5, 0.6) is 0 Å². The van der Waals surface area contributed by atoms with E-state index in [4.69, 9.17) is 10.6 Å². The molecular formula is C44H24N2O3S. The Bertz CT molecular complexity index is 2140. The largest absolute Gasteiger partial charge is 0.380 e. The smallest absolute Gasteiger partial charge is 0.248 e. The maximum Gasteiger partial charge on any atom is 0.248 e. The van der Waals surface area contributed by atoms with Gasteiger partial charge in [0.15, 0.2) is 0 Å². The number of carbonyl (C=O) groups excluding carboxylic acids is 1. The van der Waals surface area contributed by atoms with E-state index in [1.165, 1.54) is 0 Å². The predicted octanol–water partition coefficient (Wildman–Crippen LogP) is 0.847. The molecule has 0 aliphatic carbocycles. The number of thioether (sulfide) groups is 1. The van der Waals surface area contributed by atoms with Crippen LogP contribution in [-0.4, -0.2) is 44.3 Å². The maximum absolute atomic E-state index is 10.8. The van der Waals surface area contributed by atoms with Gasteiger partial charge in [-0.25, -0.2) is 5.90 Å². The van der Waals surface area contributed by atoms with E-state index in [2.05, 4.69) is 218 Å². The first-order chi connectivity index (χ1) is 24.7. The van der Waals surface area contributed by atoms with E-state index < -0.39 is 0 Å². The third kappa shape index (κ3) is 44.7. The Balaban J connectivity index is 0. The van der Waals surface area contributed by atoms with Crippen LogP contribution < -0.4 is 11.2 Å². The van der Waals surface area contributed by atoms with Crippen LogP contribution in [-0.2, 0) is 14.4 Å². The molecular weight excluding hydrogens is 637 g/mol. The molecule has 0 radical (unpaired) electrons.